The summed E-state index contributed by atoms with van der Waals surface area (Å²) in [6.07, 6.45) is 5.62. The number of methoxy groups -OCH3 is 1. The fourth-order valence-electron chi connectivity index (χ4n) is 1.85. The maximum atomic E-state index is 5.35. The van der Waals surface area contributed by atoms with Gasteiger partial charge >= 0.3 is 0 Å². The van der Waals surface area contributed by atoms with Gasteiger partial charge in [0.2, 0.25) is 0 Å². The number of hydrogen-bond acceptors (Lipinski definition) is 3. The zero-order valence-electron chi connectivity index (χ0n) is 11.0. The Morgan fingerprint density at radius 1 is 1.59 bits per heavy atom. The van der Waals surface area contributed by atoms with Crippen LogP contribution in [0.3, 0.4) is 0 Å². The lowest BCUT2D eigenvalue weighted by atomic mass is 10.00. The fourth-order valence-corrected chi connectivity index (χ4v) is 1.85. The first-order valence-corrected chi connectivity index (χ1v) is 6.04. The quantitative estimate of drug-likeness (QED) is 0.736. The van der Waals surface area contributed by atoms with Crippen molar-refractivity contribution < 1.29 is 4.74 Å². The van der Waals surface area contributed by atoms with E-state index in [4.69, 9.17) is 4.74 Å². The third-order valence-electron chi connectivity index (χ3n) is 2.72. The predicted octanol–water partition coefficient (Wildman–Crippen LogP) is 3.10. The number of allylic oxidation sites excluding steroid dienone is 1. The monoisotopic (exact) mass is 234 g/mol. The van der Waals surface area contributed by atoms with Gasteiger partial charge in [-0.1, -0.05) is 12.5 Å². The van der Waals surface area contributed by atoms with Crippen LogP contribution < -0.4 is 10.1 Å². The minimum Gasteiger partial charge on any atom is -0.495 e. The largest absolute Gasteiger partial charge is 0.495 e. The van der Waals surface area contributed by atoms with Crippen LogP contribution in [-0.4, -0.2) is 18.6 Å². The lowest BCUT2D eigenvalue weighted by Gasteiger charge is -2.20. The van der Waals surface area contributed by atoms with E-state index in [1.807, 2.05) is 12.3 Å². The summed E-state index contributed by atoms with van der Waals surface area (Å²) in [5, 5.41) is 3.48. The van der Waals surface area contributed by atoms with Gasteiger partial charge in [-0.3, -0.25) is 4.98 Å². The summed E-state index contributed by atoms with van der Waals surface area (Å²) < 4.78 is 5.35. The van der Waals surface area contributed by atoms with E-state index in [1.165, 1.54) is 11.1 Å². The molecule has 0 aliphatic carbocycles. The van der Waals surface area contributed by atoms with E-state index in [-0.39, 0.29) is 0 Å². The Kier molecular flexibility index (Phi) is 5.70. The average molecular weight is 234 g/mol. The number of aromatic nitrogens is 1. The van der Waals surface area contributed by atoms with Crippen molar-refractivity contribution in [3.05, 3.63) is 36.2 Å². The number of ether oxygens (including phenoxy) is 1. The summed E-state index contributed by atoms with van der Waals surface area (Å²) in [4.78, 5) is 4.08. The first-order chi connectivity index (χ1) is 8.19. The van der Waals surface area contributed by atoms with Gasteiger partial charge in [-0.25, -0.2) is 0 Å². The zero-order chi connectivity index (χ0) is 12.7. The van der Waals surface area contributed by atoms with Crippen LogP contribution >= 0.6 is 0 Å². The molecule has 0 fully saturated rings. The van der Waals surface area contributed by atoms with Crippen molar-refractivity contribution in [3.8, 4) is 5.75 Å². The molecule has 94 valence electrons. The van der Waals surface area contributed by atoms with E-state index in [9.17, 15) is 0 Å². The van der Waals surface area contributed by atoms with Crippen LogP contribution in [0.25, 0.3) is 0 Å². The van der Waals surface area contributed by atoms with Crippen molar-refractivity contribution in [2.24, 2.45) is 0 Å². The second kappa shape index (κ2) is 7.07. The second-order valence-corrected chi connectivity index (χ2v) is 4.22. The van der Waals surface area contributed by atoms with Crippen LogP contribution in [0.15, 0.2) is 30.6 Å². The lowest BCUT2D eigenvalue weighted by Crippen LogP contribution is -2.21. The molecule has 1 unspecified atom stereocenters. The minimum atomic E-state index is 0.301. The summed E-state index contributed by atoms with van der Waals surface area (Å²) in [6, 6.07) is 2.32. The van der Waals surface area contributed by atoms with Crippen molar-refractivity contribution >= 4 is 0 Å². The van der Waals surface area contributed by atoms with Crippen molar-refractivity contribution in [2.75, 3.05) is 13.7 Å². The first kappa shape index (κ1) is 13.7. The van der Waals surface area contributed by atoms with Crippen LogP contribution in [-0.2, 0) is 0 Å². The molecule has 0 saturated heterocycles. The molecule has 0 radical (unpaired) electrons. The van der Waals surface area contributed by atoms with Gasteiger partial charge < -0.3 is 10.1 Å². The Morgan fingerprint density at radius 3 is 2.94 bits per heavy atom. The van der Waals surface area contributed by atoms with E-state index in [0.29, 0.717) is 6.04 Å². The van der Waals surface area contributed by atoms with Crippen molar-refractivity contribution in [1.29, 1.82) is 0 Å². The third kappa shape index (κ3) is 4.19. The summed E-state index contributed by atoms with van der Waals surface area (Å²) in [7, 11) is 1.68. The van der Waals surface area contributed by atoms with Crippen LogP contribution in [0.4, 0.5) is 0 Å². The molecule has 3 nitrogen and oxygen atoms in total. The van der Waals surface area contributed by atoms with Crippen LogP contribution in [0, 0.1) is 0 Å². The Hall–Kier alpha value is -1.35. The number of nitrogens with one attached hydrogen (secondary N) is 1. The molecule has 1 heterocycles. The average Bonchev–Trinajstić information content (AvgIpc) is 2.34. The first-order valence-electron chi connectivity index (χ1n) is 6.04. The summed E-state index contributed by atoms with van der Waals surface area (Å²) in [6.45, 7) is 9.06. The molecular weight excluding hydrogens is 212 g/mol. The van der Waals surface area contributed by atoms with Crippen molar-refractivity contribution in [3.63, 3.8) is 0 Å². The Labute approximate surface area is 104 Å². The zero-order valence-corrected chi connectivity index (χ0v) is 11.0. The van der Waals surface area contributed by atoms with Gasteiger partial charge in [0.25, 0.3) is 0 Å². The normalized spacial score (nSPS) is 12.2. The van der Waals surface area contributed by atoms with E-state index < -0.39 is 0 Å². The van der Waals surface area contributed by atoms with Gasteiger partial charge in [0.1, 0.15) is 5.75 Å². The fraction of sp³-hybridized carbons (Fsp3) is 0.500. The maximum absolute atomic E-state index is 5.35. The maximum Gasteiger partial charge on any atom is 0.141 e. The summed E-state index contributed by atoms with van der Waals surface area (Å²) in [5.74, 6) is 0.847. The second-order valence-electron chi connectivity index (χ2n) is 4.22. The van der Waals surface area contributed by atoms with Crippen molar-refractivity contribution in [1.82, 2.24) is 10.3 Å². The molecule has 17 heavy (non-hydrogen) atoms. The number of pyridine rings is 1. The Balaban J connectivity index is 2.84. The van der Waals surface area contributed by atoms with E-state index >= 15 is 0 Å². The van der Waals surface area contributed by atoms with Crippen molar-refractivity contribution in [2.45, 2.75) is 32.7 Å². The van der Waals surface area contributed by atoms with Gasteiger partial charge in [-0.2, -0.15) is 0 Å². The highest BCUT2D eigenvalue weighted by molar-refractivity contribution is 5.32. The molecular formula is C14H22N2O. The van der Waals surface area contributed by atoms with Gasteiger partial charge in [-0.05, 0) is 32.4 Å². The Morgan fingerprint density at radius 2 is 2.35 bits per heavy atom. The molecule has 0 aromatic carbocycles. The number of rotatable bonds is 7. The number of nitrogens with zero attached hydrogens (tertiary/aromatic N) is 1. The highest BCUT2D eigenvalue weighted by Crippen LogP contribution is 2.27. The molecule has 1 aromatic rings. The molecule has 1 aromatic heterocycles. The molecule has 0 saturated carbocycles. The van der Waals surface area contributed by atoms with Gasteiger partial charge in [0.05, 0.1) is 13.3 Å². The molecule has 0 aliphatic rings. The van der Waals surface area contributed by atoms with E-state index in [0.717, 1.165) is 25.1 Å². The van der Waals surface area contributed by atoms with E-state index in [1.54, 1.807) is 13.3 Å². The smallest absolute Gasteiger partial charge is 0.141 e. The van der Waals surface area contributed by atoms with Crippen LogP contribution in [0.5, 0.6) is 5.75 Å². The SMILES string of the molecule is C=C(C)CCC(NCC)c1ccncc1OC. The summed E-state index contributed by atoms with van der Waals surface area (Å²) in [5.41, 5.74) is 2.38. The molecule has 1 N–H and O–H groups in total. The van der Waals surface area contributed by atoms with E-state index in [2.05, 4.69) is 30.7 Å². The molecule has 1 atom stereocenters. The van der Waals surface area contributed by atoms with Gasteiger partial charge in [0, 0.05) is 17.8 Å². The highest BCUT2D eigenvalue weighted by atomic mass is 16.5. The topological polar surface area (TPSA) is 34.2 Å². The molecule has 0 aliphatic heterocycles. The molecule has 0 amide bonds. The molecule has 3 heteroatoms. The molecule has 0 bridgehead atoms. The van der Waals surface area contributed by atoms with Crippen LogP contribution in [0.1, 0.15) is 38.3 Å². The standard InChI is InChI=1S/C14H22N2O/c1-5-16-13(7-6-11(2)3)12-8-9-15-10-14(12)17-4/h8-10,13,16H,2,5-7H2,1,3-4H3. The number of hydrogen-bond donors (Lipinski definition) is 1. The minimum absolute atomic E-state index is 0.301. The predicted molar refractivity (Wildman–Crippen MR) is 71.3 cm³/mol. The summed E-state index contributed by atoms with van der Waals surface area (Å²) >= 11 is 0. The molecule has 0 spiro atoms. The highest BCUT2D eigenvalue weighted by Gasteiger charge is 2.14. The lowest BCUT2D eigenvalue weighted by molar-refractivity contribution is 0.394. The van der Waals surface area contributed by atoms with Gasteiger partial charge in [-0.15, -0.1) is 6.58 Å². The van der Waals surface area contributed by atoms with Gasteiger partial charge in [0.15, 0.2) is 0 Å². The third-order valence-corrected chi connectivity index (χ3v) is 2.72. The Bertz CT molecular complexity index is 363. The molecule has 1 rings (SSSR count). The van der Waals surface area contributed by atoms with Crippen LogP contribution in [0.2, 0.25) is 0 Å².